The number of ether oxygens (including phenoxy) is 2. The van der Waals surface area contributed by atoms with E-state index in [9.17, 15) is 4.79 Å². The van der Waals surface area contributed by atoms with Gasteiger partial charge >= 0.3 is 0 Å². The van der Waals surface area contributed by atoms with Crippen LogP contribution in [0, 0.1) is 0 Å². The highest BCUT2D eigenvalue weighted by molar-refractivity contribution is 7.13. The summed E-state index contributed by atoms with van der Waals surface area (Å²) in [5.74, 6) is 1.56. The Morgan fingerprint density at radius 2 is 2.04 bits per heavy atom. The van der Waals surface area contributed by atoms with Gasteiger partial charge in [-0.2, -0.15) is 0 Å². The number of benzene rings is 1. The molecule has 0 atom stereocenters. The molecule has 9 heteroatoms. The minimum absolute atomic E-state index is 0.249. The quantitative estimate of drug-likeness (QED) is 0.540. The van der Waals surface area contributed by atoms with Crippen LogP contribution < -0.4 is 14.8 Å². The molecule has 1 amide bonds. The average molecular weight is 395 g/mol. The Balaban J connectivity index is 1.52. The normalized spacial score (nSPS) is 10.8. The molecule has 3 heterocycles. The molecule has 142 valence electrons. The SMILES string of the molecule is COc1cccc(-c2nc(C(=O)NCc3nnc4ccccn34)cs2)c1OC. The number of carbonyl (C=O) groups is 1. The van der Waals surface area contributed by atoms with Crippen LogP contribution in [0.2, 0.25) is 0 Å². The smallest absolute Gasteiger partial charge is 0.271 e. The van der Waals surface area contributed by atoms with E-state index in [1.807, 2.05) is 47.0 Å². The van der Waals surface area contributed by atoms with E-state index in [2.05, 4.69) is 20.5 Å². The van der Waals surface area contributed by atoms with Gasteiger partial charge in [-0.3, -0.25) is 9.20 Å². The van der Waals surface area contributed by atoms with Crippen LogP contribution in [-0.4, -0.2) is 39.7 Å². The summed E-state index contributed by atoms with van der Waals surface area (Å²) in [6.07, 6.45) is 1.85. The summed E-state index contributed by atoms with van der Waals surface area (Å²) in [5.41, 5.74) is 1.83. The van der Waals surface area contributed by atoms with Crippen molar-refractivity contribution in [1.29, 1.82) is 0 Å². The van der Waals surface area contributed by atoms with E-state index in [1.54, 1.807) is 19.6 Å². The van der Waals surface area contributed by atoms with Crippen molar-refractivity contribution in [2.45, 2.75) is 6.54 Å². The predicted octanol–water partition coefficient (Wildman–Crippen LogP) is 2.80. The first-order valence-electron chi connectivity index (χ1n) is 8.45. The third kappa shape index (κ3) is 3.27. The molecule has 0 bridgehead atoms. The zero-order valence-electron chi connectivity index (χ0n) is 15.2. The van der Waals surface area contributed by atoms with Crippen molar-refractivity contribution in [3.63, 3.8) is 0 Å². The van der Waals surface area contributed by atoms with Gasteiger partial charge in [0.15, 0.2) is 23.0 Å². The molecule has 4 rings (SSSR count). The molecule has 8 nitrogen and oxygen atoms in total. The second kappa shape index (κ2) is 7.65. The lowest BCUT2D eigenvalue weighted by Crippen LogP contribution is -2.24. The monoisotopic (exact) mass is 395 g/mol. The van der Waals surface area contributed by atoms with E-state index >= 15 is 0 Å². The van der Waals surface area contributed by atoms with Crippen LogP contribution in [0.5, 0.6) is 11.5 Å². The first kappa shape index (κ1) is 17.9. The Labute approximate surface area is 164 Å². The minimum atomic E-state index is -0.281. The van der Waals surface area contributed by atoms with Crippen molar-refractivity contribution in [3.8, 4) is 22.1 Å². The van der Waals surface area contributed by atoms with Gasteiger partial charge in [0.1, 0.15) is 10.7 Å². The Kier molecular flexibility index (Phi) is 4.90. The lowest BCUT2D eigenvalue weighted by atomic mass is 10.2. The molecule has 0 unspecified atom stereocenters. The number of hydrogen-bond acceptors (Lipinski definition) is 7. The molecule has 0 aliphatic carbocycles. The Morgan fingerprint density at radius 3 is 2.86 bits per heavy atom. The maximum absolute atomic E-state index is 12.5. The van der Waals surface area contributed by atoms with E-state index in [0.29, 0.717) is 28.0 Å². The zero-order chi connectivity index (χ0) is 19.5. The number of pyridine rings is 1. The van der Waals surface area contributed by atoms with E-state index < -0.39 is 0 Å². The largest absolute Gasteiger partial charge is 0.493 e. The molecule has 28 heavy (non-hydrogen) atoms. The average Bonchev–Trinajstić information content (AvgIpc) is 3.39. The van der Waals surface area contributed by atoms with Gasteiger partial charge in [0, 0.05) is 11.6 Å². The fraction of sp³-hybridized carbons (Fsp3) is 0.158. The van der Waals surface area contributed by atoms with Crippen LogP contribution in [0.1, 0.15) is 16.3 Å². The molecule has 1 aromatic carbocycles. The maximum atomic E-state index is 12.5. The minimum Gasteiger partial charge on any atom is -0.493 e. The Bertz CT molecular complexity index is 1140. The molecule has 0 radical (unpaired) electrons. The van der Waals surface area contributed by atoms with Crippen molar-refractivity contribution >= 4 is 22.9 Å². The van der Waals surface area contributed by atoms with Gasteiger partial charge in [0.25, 0.3) is 5.91 Å². The van der Waals surface area contributed by atoms with Crippen molar-refractivity contribution < 1.29 is 14.3 Å². The first-order valence-corrected chi connectivity index (χ1v) is 9.33. The van der Waals surface area contributed by atoms with Crippen molar-refractivity contribution in [2.24, 2.45) is 0 Å². The number of nitrogens with zero attached hydrogens (tertiary/aromatic N) is 4. The molecular weight excluding hydrogens is 378 g/mol. The second-order valence-corrected chi connectivity index (χ2v) is 6.66. The summed E-state index contributed by atoms with van der Waals surface area (Å²) in [4.78, 5) is 17.0. The van der Waals surface area contributed by atoms with Gasteiger partial charge < -0.3 is 14.8 Å². The van der Waals surface area contributed by atoms with Crippen LogP contribution in [-0.2, 0) is 6.54 Å². The van der Waals surface area contributed by atoms with Crippen LogP contribution in [0.3, 0.4) is 0 Å². The number of para-hydroxylation sites is 1. The summed E-state index contributed by atoms with van der Waals surface area (Å²) < 4.78 is 12.6. The number of carbonyl (C=O) groups excluding carboxylic acids is 1. The second-order valence-electron chi connectivity index (χ2n) is 5.81. The number of fused-ring (bicyclic) bond motifs is 1. The lowest BCUT2D eigenvalue weighted by Gasteiger charge is -2.10. The molecule has 0 aliphatic rings. The number of rotatable bonds is 6. The highest BCUT2D eigenvalue weighted by Gasteiger charge is 2.17. The summed E-state index contributed by atoms with van der Waals surface area (Å²) in [6.45, 7) is 0.249. The van der Waals surface area contributed by atoms with Crippen LogP contribution >= 0.6 is 11.3 Å². The molecule has 4 aromatic rings. The van der Waals surface area contributed by atoms with E-state index in [4.69, 9.17) is 9.47 Å². The van der Waals surface area contributed by atoms with Gasteiger partial charge in [-0.05, 0) is 24.3 Å². The highest BCUT2D eigenvalue weighted by atomic mass is 32.1. The van der Waals surface area contributed by atoms with Crippen molar-refractivity contribution in [2.75, 3.05) is 14.2 Å². The maximum Gasteiger partial charge on any atom is 0.271 e. The fourth-order valence-corrected chi connectivity index (χ4v) is 3.64. The fourth-order valence-electron chi connectivity index (χ4n) is 2.82. The summed E-state index contributed by atoms with van der Waals surface area (Å²) in [5, 5.41) is 13.4. The van der Waals surface area contributed by atoms with E-state index in [1.165, 1.54) is 11.3 Å². The third-order valence-electron chi connectivity index (χ3n) is 4.16. The van der Waals surface area contributed by atoms with Gasteiger partial charge in [0.05, 0.1) is 26.3 Å². The molecule has 3 aromatic heterocycles. The van der Waals surface area contributed by atoms with Gasteiger partial charge in [-0.15, -0.1) is 21.5 Å². The number of aromatic nitrogens is 4. The summed E-state index contributed by atoms with van der Waals surface area (Å²) in [6, 6.07) is 11.2. The molecule has 0 saturated carbocycles. The van der Waals surface area contributed by atoms with Gasteiger partial charge in [0.2, 0.25) is 0 Å². The summed E-state index contributed by atoms with van der Waals surface area (Å²) in [7, 11) is 3.15. The molecule has 0 aliphatic heterocycles. The third-order valence-corrected chi connectivity index (χ3v) is 5.04. The molecule has 1 N–H and O–H groups in total. The predicted molar refractivity (Wildman–Crippen MR) is 105 cm³/mol. The van der Waals surface area contributed by atoms with Crippen molar-refractivity contribution in [3.05, 3.63) is 59.5 Å². The number of nitrogens with one attached hydrogen (secondary N) is 1. The van der Waals surface area contributed by atoms with Gasteiger partial charge in [-0.25, -0.2) is 4.98 Å². The lowest BCUT2D eigenvalue weighted by molar-refractivity contribution is 0.0945. The molecule has 0 saturated heterocycles. The molecular formula is C19H17N5O3S. The first-order chi connectivity index (χ1) is 13.7. The van der Waals surface area contributed by atoms with Gasteiger partial charge in [-0.1, -0.05) is 12.1 Å². The number of hydrogen-bond donors (Lipinski definition) is 1. The van der Waals surface area contributed by atoms with Crippen LogP contribution in [0.15, 0.2) is 48.0 Å². The van der Waals surface area contributed by atoms with Crippen LogP contribution in [0.25, 0.3) is 16.2 Å². The number of thiazole rings is 1. The summed E-state index contributed by atoms with van der Waals surface area (Å²) >= 11 is 1.36. The molecule has 0 fully saturated rings. The topological polar surface area (TPSA) is 90.6 Å². The van der Waals surface area contributed by atoms with E-state index in [-0.39, 0.29) is 12.5 Å². The Hall–Kier alpha value is -3.46. The highest BCUT2D eigenvalue weighted by Crippen LogP contribution is 2.38. The number of amides is 1. The van der Waals surface area contributed by atoms with Crippen LogP contribution in [0.4, 0.5) is 0 Å². The standard InChI is InChI=1S/C19H17N5O3S/c1-26-14-7-5-6-12(17(14)27-2)19-21-13(11-28-19)18(25)20-10-16-23-22-15-8-3-4-9-24(15)16/h3-9,11H,10H2,1-2H3,(H,20,25). The number of methoxy groups -OCH3 is 2. The zero-order valence-corrected chi connectivity index (χ0v) is 16.1. The van der Waals surface area contributed by atoms with E-state index in [0.717, 1.165) is 11.2 Å². The van der Waals surface area contributed by atoms with Crippen molar-refractivity contribution in [1.82, 2.24) is 24.9 Å². The Morgan fingerprint density at radius 1 is 1.14 bits per heavy atom. The molecule has 0 spiro atoms.